The van der Waals surface area contributed by atoms with E-state index < -0.39 is 18.5 Å². The molecule has 0 heterocycles. The maximum atomic E-state index is 12.1. The number of esters is 1. The fourth-order valence-electron chi connectivity index (χ4n) is 2.13. The Morgan fingerprint density at radius 1 is 0.885 bits per heavy atom. The second kappa shape index (κ2) is 8.66. The highest BCUT2D eigenvalue weighted by molar-refractivity contribution is 5.97. The van der Waals surface area contributed by atoms with Gasteiger partial charge in [-0.1, -0.05) is 0 Å². The summed E-state index contributed by atoms with van der Waals surface area (Å²) in [6.07, 6.45) is 0. The third kappa shape index (κ3) is 5.07. The van der Waals surface area contributed by atoms with E-state index in [0.29, 0.717) is 22.7 Å². The molecule has 2 aromatic carbocycles. The number of rotatable bonds is 7. The number of methoxy groups -OCH3 is 2. The molecule has 0 aliphatic carbocycles. The fourth-order valence-corrected chi connectivity index (χ4v) is 2.13. The molecular formula is C19H19NO6. The number of hydrogen-bond donors (Lipinski definition) is 1. The quantitative estimate of drug-likeness (QED) is 0.605. The fraction of sp³-hybridized carbons (Fsp3) is 0.211. The SMILES string of the molecule is COc1cc(OC)cc(C(=O)OCC(=O)Nc2ccc(C(C)=O)cc2)c1. The zero-order chi connectivity index (χ0) is 19.1. The van der Waals surface area contributed by atoms with Gasteiger partial charge in [0, 0.05) is 17.3 Å². The number of Topliss-reactive ketones (excluding diaryl/α,β-unsaturated/α-hetero) is 1. The van der Waals surface area contributed by atoms with Crippen LogP contribution in [0, 0.1) is 0 Å². The van der Waals surface area contributed by atoms with Crippen molar-refractivity contribution in [1.82, 2.24) is 0 Å². The molecule has 7 nitrogen and oxygen atoms in total. The van der Waals surface area contributed by atoms with Gasteiger partial charge in [-0.3, -0.25) is 9.59 Å². The first-order valence-electron chi connectivity index (χ1n) is 7.74. The highest BCUT2D eigenvalue weighted by Crippen LogP contribution is 2.23. The van der Waals surface area contributed by atoms with Crippen LogP contribution in [0.3, 0.4) is 0 Å². The summed E-state index contributed by atoms with van der Waals surface area (Å²) in [6, 6.07) is 11.0. The number of anilines is 1. The molecule has 0 aliphatic heterocycles. The molecule has 7 heteroatoms. The van der Waals surface area contributed by atoms with Gasteiger partial charge < -0.3 is 19.5 Å². The minimum Gasteiger partial charge on any atom is -0.497 e. The average Bonchev–Trinajstić information content (AvgIpc) is 2.65. The van der Waals surface area contributed by atoms with Crippen LogP contribution in [0.4, 0.5) is 5.69 Å². The lowest BCUT2D eigenvalue weighted by Gasteiger charge is -2.09. The monoisotopic (exact) mass is 357 g/mol. The Labute approximate surface area is 150 Å². The largest absolute Gasteiger partial charge is 0.497 e. The van der Waals surface area contributed by atoms with Gasteiger partial charge in [-0.2, -0.15) is 0 Å². The van der Waals surface area contributed by atoms with Crippen molar-refractivity contribution in [2.45, 2.75) is 6.92 Å². The molecule has 0 radical (unpaired) electrons. The Bertz CT molecular complexity index is 791. The molecule has 1 amide bonds. The van der Waals surface area contributed by atoms with Gasteiger partial charge in [0.2, 0.25) is 0 Å². The van der Waals surface area contributed by atoms with E-state index in [1.165, 1.54) is 33.3 Å². The summed E-state index contributed by atoms with van der Waals surface area (Å²) < 4.78 is 15.2. The molecule has 2 rings (SSSR count). The predicted octanol–water partition coefficient (Wildman–Crippen LogP) is 2.70. The number of ketones is 1. The Kier molecular flexibility index (Phi) is 6.32. The molecule has 0 aromatic heterocycles. The topological polar surface area (TPSA) is 90.9 Å². The summed E-state index contributed by atoms with van der Waals surface area (Å²) in [5.74, 6) is -0.365. The van der Waals surface area contributed by atoms with E-state index in [9.17, 15) is 14.4 Å². The number of hydrogen-bond acceptors (Lipinski definition) is 6. The normalized spacial score (nSPS) is 9.96. The van der Waals surface area contributed by atoms with Crippen molar-refractivity contribution in [3.8, 4) is 11.5 Å². The van der Waals surface area contributed by atoms with Gasteiger partial charge in [-0.15, -0.1) is 0 Å². The number of carbonyl (C=O) groups is 3. The lowest BCUT2D eigenvalue weighted by molar-refractivity contribution is -0.119. The van der Waals surface area contributed by atoms with Gasteiger partial charge in [0.15, 0.2) is 12.4 Å². The molecule has 0 spiro atoms. The lowest BCUT2D eigenvalue weighted by atomic mass is 10.1. The van der Waals surface area contributed by atoms with Crippen LogP contribution in [0.15, 0.2) is 42.5 Å². The lowest BCUT2D eigenvalue weighted by Crippen LogP contribution is -2.21. The van der Waals surface area contributed by atoms with Gasteiger partial charge in [-0.05, 0) is 43.3 Å². The van der Waals surface area contributed by atoms with Crippen molar-refractivity contribution < 1.29 is 28.6 Å². The molecule has 0 aliphatic rings. The van der Waals surface area contributed by atoms with E-state index in [1.54, 1.807) is 30.3 Å². The van der Waals surface area contributed by atoms with Crippen molar-refractivity contribution in [2.24, 2.45) is 0 Å². The number of amides is 1. The zero-order valence-corrected chi connectivity index (χ0v) is 14.7. The highest BCUT2D eigenvalue weighted by Gasteiger charge is 2.13. The van der Waals surface area contributed by atoms with Gasteiger partial charge in [0.1, 0.15) is 11.5 Å². The average molecular weight is 357 g/mol. The highest BCUT2D eigenvalue weighted by atomic mass is 16.5. The second-order valence-corrected chi connectivity index (χ2v) is 5.36. The Balaban J connectivity index is 1.94. The molecule has 0 saturated carbocycles. The van der Waals surface area contributed by atoms with E-state index in [-0.39, 0.29) is 11.3 Å². The van der Waals surface area contributed by atoms with Crippen LogP contribution in [0.2, 0.25) is 0 Å². The van der Waals surface area contributed by atoms with Crippen molar-refractivity contribution in [1.29, 1.82) is 0 Å². The molecule has 0 atom stereocenters. The Morgan fingerprint density at radius 3 is 1.96 bits per heavy atom. The molecule has 1 N–H and O–H groups in total. The Hall–Kier alpha value is -3.35. The van der Waals surface area contributed by atoms with Gasteiger partial charge >= 0.3 is 5.97 Å². The summed E-state index contributed by atoms with van der Waals surface area (Å²) in [4.78, 5) is 35.2. The molecule has 0 unspecified atom stereocenters. The van der Waals surface area contributed by atoms with Crippen LogP contribution in [0.25, 0.3) is 0 Å². The summed E-state index contributed by atoms with van der Waals surface area (Å²) in [5.41, 5.74) is 1.25. The molecule has 2 aromatic rings. The van der Waals surface area contributed by atoms with Crippen LogP contribution in [-0.4, -0.2) is 38.5 Å². The standard InChI is InChI=1S/C19H19NO6/c1-12(21)13-4-6-15(7-5-13)20-18(22)11-26-19(23)14-8-16(24-2)10-17(9-14)25-3/h4-10H,11H2,1-3H3,(H,20,22). The molecule has 0 saturated heterocycles. The third-order valence-electron chi connectivity index (χ3n) is 3.50. The predicted molar refractivity (Wildman–Crippen MR) is 94.9 cm³/mol. The Morgan fingerprint density at radius 2 is 1.46 bits per heavy atom. The minimum atomic E-state index is -0.677. The van der Waals surface area contributed by atoms with E-state index in [4.69, 9.17) is 14.2 Å². The first-order valence-corrected chi connectivity index (χ1v) is 7.74. The summed E-state index contributed by atoms with van der Waals surface area (Å²) >= 11 is 0. The smallest absolute Gasteiger partial charge is 0.338 e. The van der Waals surface area contributed by atoms with Gasteiger partial charge in [0.25, 0.3) is 5.91 Å². The number of ether oxygens (including phenoxy) is 3. The second-order valence-electron chi connectivity index (χ2n) is 5.36. The molecule has 26 heavy (non-hydrogen) atoms. The van der Waals surface area contributed by atoms with E-state index >= 15 is 0 Å². The number of nitrogens with one attached hydrogen (secondary N) is 1. The zero-order valence-electron chi connectivity index (χ0n) is 14.7. The minimum absolute atomic E-state index is 0.0643. The summed E-state index contributed by atoms with van der Waals surface area (Å²) in [6.45, 7) is 1.01. The van der Waals surface area contributed by atoms with Crippen LogP contribution in [0.5, 0.6) is 11.5 Å². The van der Waals surface area contributed by atoms with E-state index in [0.717, 1.165) is 0 Å². The first kappa shape index (κ1) is 19.0. The molecule has 0 fully saturated rings. The van der Waals surface area contributed by atoms with Crippen molar-refractivity contribution in [3.05, 3.63) is 53.6 Å². The van der Waals surface area contributed by atoms with E-state index in [2.05, 4.69) is 5.32 Å². The summed E-state index contributed by atoms with van der Waals surface area (Å²) in [5, 5.41) is 2.58. The van der Waals surface area contributed by atoms with Crippen molar-refractivity contribution >= 4 is 23.3 Å². The first-order chi connectivity index (χ1) is 12.4. The molecule has 136 valence electrons. The van der Waals surface area contributed by atoms with Crippen LogP contribution >= 0.6 is 0 Å². The maximum absolute atomic E-state index is 12.1. The summed E-state index contributed by atoms with van der Waals surface area (Å²) in [7, 11) is 2.93. The number of carbonyl (C=O) groups excluding carboxylic acids is 3. The van der Waals surface area contributed by atoms with Crippen molar-refractivity contribution in [2.75, 3.05) is 26.1 Å². The third-order valence-corrected chi connectivity index (χ3v) is 3.50. The van der Waals surface area contributed by atoms with Crippen LogP contribution in [-0.2, 0) is 9.53 Å². The molecule has 0 bridgehead atoms. The van der Waals surface area contributed by atoms with E-state index in [1.807, 2.05) is 0 Å². The van der Waals surface area contributed by atoms with Gasteiger partial charge in [-0.25, -0.2) is 4.79 Å². The van der Waals surface area contributed by atoms with Crippen LogP contribution < -0.4 is 14.8 Å². The van der Waals surface area contributed by atoms with Crippen molar-refractivity contribution in [3.63, 3.8) is 0 Å². The van der Waals surface area contributed by atoms with Crippen LogP contribution in [0.1, 0.15) is 27.6 Å². The number of benzene rings is 2. The maximum Gasteiger partial charge on any atom is 0.338 e. The molecular weight excluding hydrogens is 338 g/mol. The van der Waals surface area contributed by atoms with Gasteiger partial charge in [0.05, 0.1) is 19.8 Å².